The maximum Gasteiger partial charge on any atom is 0.120 e. The van der Waals surface area contributed by atoms with Gasteiger partial charge in [-0.2, -0.15) is 0 Å². The maximum atomic E-state index is 6.14. The number of aromatic nitrogens is 1. The van der Waals surface area contributed by atoms with E-state index in [0.29, 0.717) is 11.6 Å². The van der Waals surface area contributed by atoms with Gasteiger partial charge in [-0.05, 0) is 48.0 Å². The number of ether oxygens (including phenoxy) is 1. The van der Waals surface area contributed by atoms with Gasteiger partial charge < -0.3 is 4.74 Å². The molecule has 2 rings (SSSR count). The summed E-state index contributed by atoms with van der Waals surface area (Å²) in [5.74, 6) is 0.831. The second-order valence-corrected chi connectivity index (χ2v) is 4.61. The van der Waals surface area contributed by atoms with Crippen molar-refractivity contribution in [1.82, 2.24) is 4.98 Å². The summed E-state index contributed by atoms with van der Waals surface area (Å²) in [5.41, 5.74) is 1.74. The lowest BCUT2D eigenvalue weighted by Gasteiger charge is -2.08. The zero-order valence-electron chi connectivity index (χ0n) is 9.05. The first-order valence-corrected chi connectivity index (χ1v) is 6.18. The van der Waals surface area contributed by atoms with Gasteiger partial charge in [0.25, 0.3) is 0 Å². The molecule has 0 N–H and O–H groups in total. The van der Waals surface area contributed by atoms with E-state index in [0.717, 1.165) is 26.8 Å². The van der Waals surface area contributed by atoms with Gasteiger partial charge in [0.2, 0.25) is 0 Å². The summed E-state index contributed by atoms with van der Waals surface area (Å²) < 4.78 is 6.32. The molecular formula is C12H11BrClNO. The number of nitrogens with zero attached hydrogens (tertiary/aromatic N) is 1. The fourth-order valence-corrected chi connectivity index (χ4v) is 2.30. The van der Waals surface area contributed by atoms with E-state index in [1.807, 2.05) is 32.0 Å². The Balaban J connectivity index is 2.68. The lowest BCUT2D eigenvalue weighted by molar-refractivity contribution is 0.340. The van der Waals surface area contributed by atoms with E-state index in [1.54, 1.807) is 0 Å². The average molecular weight is 301 g/mol. The Morgan fingerprint density at radius 2 is 2.19 bits per heavy atom. The van der Waals surface area contributed by atoms with Crippen LogP contribution in [0.25, 0.3) is 10.9 Å². The van der Waals surface area contributed by atoms with Gasteiger partial charge in [0, 0.05) is 9.86 Å². The monoisotopic (exact) mass is 299 g/mol. The normalized spacial score (nSPS) is 10.8. The molecule has 0 aliphatic rings. The van der Waals surface area contributed by atoms with Gasteiger partial charge >= 0.3 is 0 Å². The molecule has 4 heteroatoms. The van der Waals surface area contributed by atoms with Gasteiger partial charge in [-0.15, -0.1) is 0 Å². The number of halogens is 2. The van der Waals surface area contributed by atoms with Crippen LogP contribution >= 0.6 is 27.5 Å². The van der Waals surface area contributed by atoms with Crippen LogP contribution in [0.1, 0.15) is 12.6 Å². The third kappa shape index (κ3) is 2.02. The van der Waals surface area contributed by atoms with Crippen LogP contribution < -0.4 is 4.74 Å². The summed E-state index contributed by atoms with van der Waals surface area (Å²) >= 11 is 9.63. The van der Waals surface area contributed by atoms with Crippen LogP contribution in [0, 0.1) is 6.92 Å². The van der Waals surface area contributed by atoms with Gasteiger partial charge in [-0.3, -0.25) is 4.98 Å². The van der Waals surface area contributed by atoms with Gasteiger partial charge in [-0.25, -0.2) is 0 Å². The third-order valence-electron chi connectivity index (χ3n) is 2.31. The Hall–Kier alpha value is -0.800. The van der Waals surface area contributed by atoms with E-state index >= 15 is 0 Å². The minimum atomic E-state index is 0.649. The molecule has 2 nitrogen and oxygen atoms in total. The highest BCUT2D eigenvalue weighted by molar-refractivity contribution is 9.10. The molecule has 0 saturated heterocycles. The zero-order chi connectivity index (χ0) is 11.7. The highest BCUT2D eigenvalue weighted by Crippen LogP contribution is 2.33. The average Bonchev–Trinajstić information content (AvgIpc) is 2.28. The summed E-state index contributed by atoms with van der Waals surface area (Å²) in [6.07, 6.45) is 0. The molecule has 0 amide bonds. The minimum absolute atomic E-state index is 0.649. The van der Waals surface area contributed by atoms with E-state index in [-0.39, 0.29) is 0 Å². The molecule has 2 aromatic rings. The number of hydrogen-bond acceptors (Lipinski definition) is 2. The van der Waals surface area contributed by atoms with Gasteiger partial charge in [-0.1, -0.05) is 11.6 Å². The van der Waals surface area contributed by atoms with Crippen molar-refractivity contribution in [2.75, 3.05) is 6.61 Å². The standard InChI is InChI=1S/C12H11BrClNO/c1-3-16-8-4-5-10-9(6-8)11(13)12(14)7(2)15-10/h4-6H,3H2,1-2H3. The largest absolute Gasteiger partial charge is 0.494 e. The molecule has 0 atom stereocenters. The molecule has 16 heavy (non-hydrogen) atoms. The lowest BCUT2D eigenvalue weighted by Crippen LogP contribution is -1.93. The van der Waals surface area contributed by atoms with Gasteiger partial charge in [0.1, 0.15) is 5.75 Å². The molecule has 0 fully saturated rings. The van der Waals surface area contributed by atoms with Crippen LogP contribution in [-0.2, 0) is 0 Å². The van der Waals surface area contributed by atoms with Crippen molar-refractivity contribution in [3.63, 3.8) is 0 Å². The topological polar surface area (TPSA) is 22.1 Å². The Labute approximate surface area is 108 Å². The molecule has 0 saturated carbocycles. The van der Waals surface area contributed by atoms with Gasteiger partial charge in [0.05, 0.1) is 22.8 Å². The number of aryl methyl sites for hydroxylation is 1. The number of pyridine rings is 1. The van der Waals surface area contributed by atoms with E-state index in [9.17, 15) is 0 Å². The maximum absolute atomic E-state index is 6.14. The minimum Gasteiger partial charge on any atom is -0.494 e. The Bertz CT molecular complexity index is 542. The highest BCUT2D eigenvalue weighted by atomic mass is 79.9. The van der Waals surface area contributed by atoms with E-state index in [2.05, 4.69) is 20.9 Å². The number of rotatable bonds is 2. The van der Waals surface area contributed by atoms with Crippen LogP contribution in [0.15, 0.2) is 22.7 Å². The number of hydrogen-bond donors (Lipinski definition) is 0. The predicted octanol–water partition coefficient (Wildman–Crippen LogP) is 4.36. The predicted molar refractivity (Wildman–Crippen MR) is 70.4 cm³/mol. The fraction of sp³-hybridized carbons (Fsp3) is 0.250. The van der Waals surface area contributed by atoms with Crippen molar-refractivity contribution in [2.24, 2.45) is 0 Å². The molecule has 0 bridgehead atoms. The van der Waals surface area contributed by atoms with Crippen molar-refractivity contribution in [1.29, 1.82) is 0 Å². The van der Waals surface area contributed by atoms with E-state index in [1.165, 1.54) is 0 Å². The van der Waals surface area contributed by atoms with Crippen LogP contribution in [0.4, 0.5) is 0 Å². The molecular weight excluding hydrogens is 289 g/mol. The molecule has 1 aromatic heterocycles. The molecule has 0 radical (unpaired) electrons. The first kappa shape index (κ1) is 11.7. The summed E-state index contributed by atoms with van der Waals surface area (Å²) in [5, 5.41) is 1.63. The first-order valence-electron chi connectivity index (χ1n) is 5.01. The molecule has 1 heterocycles. The van der Waals surface area contributed by atoms with Crippen molar-refractivity contribution < 1.29 is 4.74 Å². The quantitative estimate of drug-likeness (QED) is 0.822. The Morgan fingerprint density at radius 1 is 1.44 bits per heavy atom. The van der Waals surface area contributed by atoms with Crippen LogP contribution in [0.3, 0.4) is 0 Å². The van der Waals surface area contributed by atoms with E-state index < -0.39 is 0 Å². The highest BCUT2D eigenvalue weighted by Gasteiger charge is 2.09. The second-order valence-electron chi connectivity index (χ2n) is 3.44. The fourth-order valence-electron chi connectivity index (χ4n) is 1.55. The molecule has 1 aromatic carbocycles. The van der Waals surface area contributed by atoms with Crippen molar-refractivity contribution in [3.8, 4) is 5.75 Å². The molecule has 0 aliphatic carbocycles. The summed E-state index contributed by atoms with van der Waals surface area (Å²) in [4.78, 5) is 4.42. The third-order valence-corrected chi connectivity index (χ3v) is 3.83. The summed E-state index contributed by atoms with van der Waals surface area (Å²) in [6, 6.07) is 5.80. The molecule has 0 unspecified atom stereocenters. The molecule has 0 aliphatic heterocycles. The zero-order valence-corrected chi connectivity index (χ0v) is 11.4. The van der Waals surface area contributed by atoms with Crippen molar-refractivity contribution >= 4 is 38.4 Å². The Kier molecular flexibility index (Phi) is 3.36. The van der Waals surface area contributed by atoms with E-state index in [4.69, 9.17) is 16.3 Å². The smallest absolute Gasteiger partial charge is 0.120 e. The van der Waals surface area contributed by atoms with Crippen molar-refractivity contribution in [2.45, 2.75) is 13.8 Å². The van der Waals surface area contributed by atoms with Crippen LogP contribution in [0.5, 0.6) is 5.75 Å². The van der Waals surface area contributed by atoms with Crippen LogP contribution in [0.2, 0.25) is 5.02 Å². The number of benzene rings is 1. The molecule has 84 valence electrons. The summed E-state index contributed by atoms with van der Waals surface area (Å²) in [7, 11) is 0. The Morgan fingerprint density at radius 3 is 2.88 bits per heavy atom. The first-order chi connectivity index (χ1) is 7.63. The lowest BCUT2D eigenvalue weighted by atomic mass is 10.2. The van der Waals surface area contributed by atoms with Crippen LogP contribution in [-0.4, -0.2) is 11.6 Å². The number of fused-ring (bicyclic) bond motifs is 1. The van der Waals surface area contributed by atoms with Crippen molar-refractivity contribution in [3.05, 3.63) is 33.4 Å². The SMILES string of the molecule is CCOc1ccc2nc(C)c(Cl)c(Br)c2c1. The second kappa shape index (κ2) is 4.60. The summed E-state index contributed by atoms with van der Waals surface area (Å²) in [6.45, 7) is 4.50. The van der Waals surface area contributed by atoms with Gasteiger partial charge in [0.15, 0.2) is 0 Å². The molecule has 0 spiro atoms.